The number of aromatic nitrogens is 2. The van der Waals surface area contributed by atoms with Crippen LogP contribution in [0.1, 0.15) is 0 Å². The van der Waals surface area contributed by atoms with Crippen LogP contribution in [0.4, 0.5) is 4.39 Å². The van der Waals surface area contributed by atoms with Crippen LogP contribution in [0.2, 0.25) is 0 Å². The third kappa shape index (κ3) is 1.65. The van der Waals surface area contributed by atoms with Crippen LogP contribution in [0.3, 0.4) is 0 Å². The summed E-state index contributed by atoms with van der Waals surface area (Å²) in [6.07, 6.45) is 0. The Morgan fingerprint density at radius 2 is 2.00 bits per heavy atom. The molecule has 0 amide bonds. The second-order valence-electron chi connectivity index (χ2n) is 3.77. The summed E-state index contributed by atoms with van der Waals surface area (Å²) in [6.45, 7) is 0.0413. The maximum atomic E-state index is 13.3. The standard InChI is InChI=1S/C11H7FN2O5/c12-8-9(15)13-11(17)14(10(8)16)5-1-2-6-7(3-5)19-4-18-6/h1-3,16H,4H2,(H,13,15,17). The lowest BCUT2D eigenvalue weighted by atomic mass is 10.2. The topological polar surface area (TPSA) is 93.6 Å². The predicted molar refractivity (Wildman–Crippen MR) is 60.4 cm³/mol. The monoisotopic (exact) mass is 266 g/mol. The van der Waals surface area contributed by atoms with Gasteiger partial charge in [-0.05, 0) is 12.1 Å². The van der Waals surface area contributed by atoms with Gasteiger partial charge in [0, 0.05) is 6.07 Å². The average molecular weight is 266 g/mol. The highest BCUT2D eigenvalue weighted by atomic mass is 19.1. The van der Waals surface area contributed by atoms with Gasteiger partial charge in [-0.2, -0.15) is 4.39 Å². The summed E-state index contributed by atoms with van der Waals surface area (Å²) < 4.78 is 24.1. The van der Waals surface area contributed by atoms with Crippen LogP contribution >= 0.6 is 0 Å². The van der Waals surface area contributed by atoms with Gasteiger partial charge in [-0.15, -0.1) is 0 Å². The molecule has 1 aliphatic rings. The Morgan fingerprint density at radius 1 is 1.26 bits per heavy atom. The third-order valence-electron chi connectivity index (χ3n) is 2.65. The Balaban J connectivity index is 2.26. The fraction of sp³-hybridized carbons (Fsp3) is 0.0909. The second kappa shape index (κ2) is 3.87. The molecule has 0 spiro atoms. The van der Waals surface area contributed by atoms with Gasteiger partial charge in [-0.25, -0.2) is 9.36 Å². The molecule has 0 fully saturated rings. The van der Waals surface area contributed by atoms with E-state index in [2.05, 4.69) is 0 Å². The average Bonchev–Trinajstić information content (AvgIpc) is 2.83. The Bertz CT molecular complexity index is 780. The predicted octanol–water partition coefficient (Wildman–Crippen LogP) is 0.0992. The number of fused-ring (bicyclic) bond motifs is 1. The molecule has 0 unspecified atom stereocenters. The molecule has 98 valence electrons. The van der Waals surface area contributed by atoms with Crippen LogP contribution in [-0.2, 0) is 0 Å². The van der Waals surface area contributed by atoms with Crippen molar-refractivity contribution in [3.63, 3.8) is 0 Å². The number of halogens is 1. The Kier molecular flexibility index (Phi) is 2.31. The number of nitrogens with zero attached hydrogens (tertiary/aromatic N) is 1. The highest BCUT2D eigenvalue weighted by Crippen LogP contribution is 2.33. The number of aromatic amines is 1. The first-order valence-electron chi connectivity index (χ1n) is 5.22. The number of hydrogen-bond donors (Lipinski definition) is 2. The van der Waals surface area contributed by atoms with Gasteiger partial charge in [0.2, 0.25) is 18.5 Å². The molecule has 0 aliphatic carbocycles. The van der Waals surface area contributed by atoms with Crippen molar-refractivity contribution in [2.24, 2.45) is 0 Å². The molecular weight excluding hydrogens is 259 g/mol. The van der Waals surface area contributed by atoms with E-state index >= 15 is 0 Å². The van der Waals surface area contributed by atoms with Gasteiger partial charge in [-0.1, -0.05) is 0 Å². The first-order chi connectivity index (χ1) is 9.08. The third-order valence-corrected chi connectivity index (χ3v) is 2.65. The van der Waals surface area contributed by atoms with Crippen molar-refractivity contribution in [2.45, 2.75) is 0 Å². The van der Waals surface area contributed by atoms with Gasteiger partial charge in [0.05, 0.1) is 5.69 Å². The quantitative estimate of drug-likeness (QED) is 0.763. The molecule has 19 heavy (non-hydrogen) atoms. The second-order valence-corrected chi connectivity index (χ2v) is 3.77. The van der Waals surface area contributed by atoms with E-state index in [9.17, 15) is 19.1 Å². The first-order valence-corrected chi connectivity index (χ1v) is 5.22. The number of rotatable bonds is 1. The summed E-state index contributed by atoms with van der Waals surface area (Å²) >= 11 is 0. The molecule has 7 nitrogen and oxygen atoms in total. The van der Waals surface area contributed by atoms with E-state index in [1.807, 2.05) is 0 Å². The van der Waals surface area contributed by atoms with E-state index in [-0.39, 0.29) is 12.5 Å². The summed E-state index contributed by atoms with van der Waals surface area (Å²) in [5.41, 5.74) is -2.09. The van der Waals surface area contributed by atoms with Gasteiger partial charge in [0.1, 0.15) is 0 Å². The molecule has 1 aliphatic heterocycles. The molecule has 0 saturated carbocycles. The van der Waals surface area contributed by atoms with E-state index in [0.29, 0.717) is 16.1 Å². The van der Waals surface area contributed by atoms with E-state index < -0.39 is 22.9 Å². The minimum atomic E-state index is -1.43. The normalized spacial score (nSPS) is 12.7. The smallest absolute Gasteiger partial charge is 0.335 e. The van der Waals surface area contributed by atoms with Crippen molar-refractivity contribution < 1.29 is 19.0 Å². The van der Waals surface area contributed by atoms with Crippen LogP contribution in [0.15, 0.2) is 27.8 Å². The van der Waals surface area contributed by atoms with E-state index in [0.717, 1.165) is 0 Å². The van der Waals surface area contributed by atoms with Crippen molar-refractivity contribution in [3.8, 4) is 23.1 Å². The first kappa shape index (κ1) is 11.3. The van der Waals surface area contributed by atoms with Crippen LogP contribution in [0, 0.1) is 5.82 Å². The number of H-pyrrole nitrogens is 1. The molecule has 2 heterocycles. The lowest BCUT2D eigenvalue weighted by molar-refractivity contribution is 0.174. The summed E-state index contributed by atoms with van der Waals surface area (Å²) in [5, 5.41) is 9.56. The fourth-order valence-electron chi connectivity index (χ4n) is 1.77. The minimum Gasteiger partial charge on any atom is -0.492 e. The number of nitrogens with one attached hydrogen (secondary N) is 1. The Hall–Kier alpha value is -2.77. The van der Waals surface area contributed by atoms with Crippen molar-refractivity contribution in [3.05, 3.63) is 44.9 Å². The number of hydrogen-bond acceptors (Lipinski definition) is 5. The van der Waals surface area contributed by atoms with Crippen LogP contribution in [-0.4, -0.2) is 21.5 Å². The molecule has 0 saturated heterocycles. The van der Waals surface area contributed by atoms with E-state index in [4.69, 9.17) is 9.47 Å². The molecular formula is C11H7FN2O5. The highest BCUT2D eigenvalue weighted by molar-refractivity contribution is 5.50. The lowest BCUT2D eigenvalue weighted by Gasteiger charge is -2.08. The van der Waals surface area contributed by atoms with Gasteiger partial charge in [0.25, 0.3) is 5.56 Å². The van der Waals surface area contributed by atoms with Crippen LogP contribution in [0.5, 0.6) is 17.4 Å². The molecule has 0 radical (unpaired) electrons. The molecule has 3 rings (SSSR count). The molecule has 0 bridgehead atoms. The van der Waals surface area contributed by atoms with Crippen LogP contribution in [0.25, 0.3) is 5.69 Å². The maximum Gasteiger partial charge on any atom is 0.335 e. The maximum absolute atomic E-state index is 13.3. The lowest BCUT2D eigenvalue weighted by Crippen LogP contribution is -2.30. The van der Waals surface area contributed by atoms with Crippen molar-refractivity contribution >= 4 is 0 Å². The molecule has 1 aromatic heterocycles. The van der Waals surface area contributed by atoms with Crippen LogP contribution < -0.4 is 20.7 Å². The molecule has 0 atom stereocenters. The molecule has 8 heteroatoms. The Morgan fingerprint density at radius 3 is 2.79 bits per heavy atom. The molecule has 2 N–H and O–H groups in total. The van der Waals surface area contributed by atoms with Crippen molar-refractivity contribution in [2.75, 3.05) is 6.79 Å². The van der Waals surface area contributed by atoms with Crippen molar-refractivity contribution in [1.29, 1.82) is 0 Å². The van der Waals surface area contributed by atoms with Gasteiger partial charge in [0.15, 0.2) is 11.5 Å². The highest BCUT2D eigenvalue weighted by Gasteiger charge is 2.18. The number of ether oxygens (including phenoxy) is 2. The zero-order chi connectivity index (χ0) is 13.6. The number of benzene rings is 1. The zero-order valence-corrected chi connectivity index (χ0v) is 9.34. The van der Waals surface area contributed by atoms with Gasteiger partial charge >= 0.3 is 5.69 Å². The van der Waals surface area contributed by atoms with Crippen molar-refractivity contribution in [1.82, 2.24) is 9.55 Å². The largest absolute Gasteiger partial charge is 0.492 e. The summed E-state index contributed by atoms with van der Waals surface area (Å²) in [7, 11) is 0. The van der Waals surface area contributed by atoms with E-state index in [1.54, 1.807) is 4.98 Å². The molecule has 2 aromatic rings. The molecule has 1 aromatic carbocycles. The summed E-state index contributed by atoms with van der Waals surface area (Å²) in [6, 6.07) is 4.32. The van der Waals surface area contributed by atoms with E-state index in [1.165, 1.54) is 18.2 Å². The van der Waals surface area contributed by atoms with Gasteiger partial charge < -0.3 is 14.6 Å². The Labute approximate surface area is 104 Å². The zero-order valence-electron chi connectivity index (χ0n) is 9.34. The summed E-state index contributed by atoms with van der Waals surface area (Å²) in [4.78, 5) is 24.4. The SMILES string of the molecule is O=c1[nH]c(=O)n(-c2ccc3c(c2)OCO3)c(O)c1F. The number of aromatic hydroxyl groups is 1. The minimum absolute atomic E-state index is 0.0413. The fourth-order valence-corrected chi connectivity index (χ4v) is 1.77. The van der Waals surface area contributed by atoms with Gasteiger partial charge in [-0.3, -0.25) is 9.78 Å². The summed E-state index contributed by atoms with van der Waals surface area (Å²) in [5.74, 6) is -1.67.